The Morgan fingerprint density at radius 3 is 2.30 bits per heavy atom. The maximum atomic E-state index is 11.8. The average Bonchev–Trinajstić information content (AvgIpc) is 2.49. The predicted molar refractivity (Wildman–Crippen MR) is 83.5 cm³/mol. The van der Waals surface area contributed by atoms with Crippen molar-refractivity contribution in [3.8, 4) is 0 Å². The van der Waals surface area contributed by atoms with E-state index in [2.05, 4.69) is 10.1 Å². The second kappa shape index (κ2) is 11.0. The normalized spacial score (nSPS) is 13.1. The van der Waals surface area contributed by atoms with Crippen LogP contribution in [0, 0.1) is 5.92 Å². The number of aliphatic hydroxyl groups excluding tert-OH is 1. The van der Waals surface area contributed by atoms with Crippen molar-refractivity contribution in [2.75, 3.05) is 19.5 Å². The first-order chi connectivity index (χ1) is 10.7. The van der Waals surface area contributed by atoms with Crippen LogP contribution in [0.25, 0.3) is 0 Å². The topological polar surface area (TPSA) is 119 Å². The van der Waals surface area contributed by atoms with E-state index in [0.717, 1.165) is 18.9 Å². The number of aliphatic hydroxyl groups is 1. The molecule has 0 saturated carbocycles. The SMILES string of the molecule is CCOC(=O)C(CSC(O)CC(=O)C(=O)OC)NC(=O)C(C)C. The zero-order valence-electron chi connectivity index (χ0n) is 13.7. The van der Waals surface area contributed by atoms with Gasteiger partial charge in [-0.3, -0.25) is 9.59 Å². The number of esters is 2. The molecule has 0 aliphatic carbocycles. The Labute approximate surface area is 139 Å². The van der Waals surface area contributed by atoms with Crippen molar-refractivity contribution < 1.29 is 33.8 Å². The number of nitrogens with one attached hydrogen (secondary N) is 1. The minimum Gasteiger partial charge on any atom is -0.464 e. The Bertz CT molecular complexity index is 439. The lowest BCUT2D eigenvalue weighted by Gasteiger charge is -2.19. The quantitative estimate of drug-likeness (QED) is 0.318. The van der Waals surface area contributed by atoms with Gasteiger partial charge in [0.25, 0.3) is 0 Å². The highest BCUT2D eigenvalue weighted by Gasteiger charge is 2.26. The monoisotopic (exact) mass is 349 g/mol. The van der Waals surface area contributed by atoms with Crippen molar-refractivity contribution in [3.05, 3.63) is 0 Å². The van der Waals surface area contributed by atoms with E-state index in [1.54, 1.807) is 20.8 Å². The van der Waals surface area contributed by atoms with Crippen molar-refractivity contribution in [2.24, 2.45) is 5.92 Å². The minimum absolute atomic E-state index is 0.00686. The van der Waals surface area contributed by atoms with Gasteiger partial charge in [0.1, 0.15) is 11.5 Å². The van der Waals surface area contributed by atoms with Crippen molar-refractivity contribution >= 4 is 35.4 Å². The number of Topliss-reactive ketones (excluding diaryl/α,β-unsaturated/α-hetero) is 1. The molecule has 0 aromatic rings. The fourth-order valence-corrected chi connectivity index (χ4v) is 2.28. The van der Waals surface area contributed by atoms with Gasteiger partial charge in [-0.2, -0.15) is 0 Å². The van der Waals surface area contributed by atoms with Gasteiger partial charge >= 0.3 is 11.9 Å². The molecule has 0 aliphatic heterocycles. The van der Waals surface area contributed by atoms with Crippen LogP contribution < -0.4 is 5.32 Å². The molecule has 2 N–H and O–H groups in total. The highest BCUT2D eigenvalue weighted by atomic mass is 32.2. The molecule has 0 saturated heterocycles. The zero-order chi connectivity index (χ0) is 18.0. The summed E-state index contributed by atoms with van der Waals surface area (Å²) in [4.78, 5) is 45.8. The van der Waals surface area contributed by atoms with Gasteiger partial charge in [-0.1, -0.05) is 13.8 Å². The standard InChI is InChI=1S/C14H23NO7S/c1-5-22-13(19)9(15-12(18)8(2)3)7-23-11(17)6-10(16)14(20)21-4/h8-9,11,17H,5-7H2,1-4H3,(H,15,18). The molecule has 23 heavy (non-hydrogen) atoms. The van der Waals surface area contributed by atoms with Gasteiger partial charge in [0, 0.05) is 11.7 Å². The molecule has 2 atom stereocenters. The first kappa shape index (κ1) is 21.4. The maximum Gasteiger partial charge on any atom is 0.374 e. The summed E-state index contributed by atoms with van der Waals surface area (Å²) in [5, 5.41) is 12.3. The number of carbonyl (C=O) groups excluding carboxylic acids is 4. The van der Waals surface area contributed by atoms with E-state index in [4.69, 9.17) is 4.74 Å². The first-order valence-electron chi connectivity index (χ1n) is 7.10. The molecule has 0 rings (SSSR count). The Balaban J connectivity index is 4.58. The fraction of sp³-hybridized carbons (Fsp3) is 0.714. The summed E-state index contributed by atoms with van der Waals surface area (Å²) in [5.41, 5.74) is -1.20. The molecule has 0 bridgehead atoms. The smallest absolute Gasteiger partial charge is 0.374 e. The lowest BCUT2D eigenvalue weighted by atomic mass is 10.2. The van der Waals surface area contributed by atoms with Crippen LogP contribution in [0.4, 0.5) is 0 Å². The van der Waals surface area contributed by atoms with E-state index in [1.807, 2.05) is 0 Å². The molecule has 0 heterocycles. The zero-order valence-corrected chi connectivity index (χ0v) is 14.5. The Morgan fingerprint density at radius 1 is 1.22 bits per heavy atom. The summed E-state index contributed by atoms with van der Waals surface area (Å²) in [6.07, 6.45) is -0.439. The average molecular weight is 349 g/mol. The summed E-state index contributed by atoms with van der Waals surface area (Å²) >= 11 is 0.860. The molecule has 0 aromatic heterocycles. The maximum absolute atomic E-state index is 11.8. The van der Waals surface area contributed by atoms with Crippen LogP contribution in [-0.4, -0.2) is 59.7 Å². The first-order valence-corrected chi connectivity index (χ1v) is 8.15. The fourth-order valence-electron chi connectivity index (χ4n) is 1.37. The molecule has 0 aromatic carbocycles. The third kappa shape index (κ3) is 8.56. The summed E-state index contributed by atoms with van der Waals surface area (Å²) in [5.74, 6) is -3.18. The van der Waals surface area contributed by atoms with Crippen molar-refractivity contribution in [1.82, 2.24) is 5.32 Å². The lowest BCUT2D eigenvalue weighted by molar-refractivity contribution is -0.152. The van der Waals surface area contributed by atoms with Gasteiger partial charge in [-0.25, -0.2) is 9.59 Å². The van der Waals surface area contributed by atoms with Crippen LogP contribution in [0.3, 0.4) is 0 Å². The minimum atomic E-state index is -1.20. The predicted octanol–water partition coefficient (Wildman–Crippen LogP) is -0.126. The largest absolute Gasteiger partial charge is 0.464 e. The highest BCUT2D eigenvalue weighted by Crippen LogP contribution is 2.15. The third-order valence-corrected chi connectivity index (χ3v) is 3.72. The van der Waals surface area contributed by atoms with Gasteiger partial charge < -0.3 is 19.9 Å². The molecule has 2 unspecified atom stereocenters. The van der Waals surface area contributed by atoms with Crippen LogP contribution >= 0.6 is 11.8 Å². The summed E-state index contributed by atoms with van der Waals surface area (Å²) in [7, 11) is 1.07. The van der Waals surface area contributed by atoms with E-state index in [-0.39, 0.29) is 24.2 Å². The number of thioether (sulfide) groups is 1. The molecular weight excluding hydrogens is 326 g/mol. The van der Waals surface area contributed by atoms with Gasteiger partial charge in [-0.05, 0) is 6.92 Å². The number of ketones is 1. The molecule has 0 spiro atoms. The number of rotatable bonds is 10. The van der Waals surface area contributed by atoms with Gasteiger partial charge in [0.05, 0.1) is 20.1 Å². The Kier molecular flexibility index (Phi) is 10.2. The number of hydrogen-bond acceptors (Lipinski definition) is 8. The van der Waals surface area contributed by atoms with E-state index >= 15 is 0 Å². The van der Waals surface area contributed by atoms with Gasteiger partial charge in [-0.15, -0.1) is 11.8 Å². The Hall–Kier alpha value is -1.61. The van der Waals surface area contributed by atoms with E-state index in [1.165, 1.54) is 0 Å². The summed E-state index contributed by atoms with van der Waals surface area (Å²) in [6, 6.07) is -0.947. The number of hydrogen-bond donors (Lipinski definition) is 2. The molecular formula is C14H23NO7S. The second-order valence-corrected chi connectivity index (χ2v) is 6.09. The van der Waals surface area contributed by atoms with Crippen molar-refractivity contribution in [1.29, 1.82) is 0 Å². The Morgan fingerprint density at radius 2 is 1.83 bits per heavy atom. The van der Waals surface area contributed by atoms with Crippen LogP contribution in [0.15, 0.2) is 0 Å². The molecule has 8 nitrogen and oxygen atoms in total. The lowest BCUT2D eigenvalue weighted by Crippen LogP contribution is -2.45. The number of carbonyl (C=O) groups is 4. The molecule has 0 fully saturated rings. The van der Waals surface area contributed by atoms with Crippen molar-refractivity contribution in [3.63, 3.8) is 0 Å². The number of methoxy groups -OCH3 is 1. The third-order valence-electron chi connectivity index (χ3n) is 2.64. The number of ether oxygens (including phenoxy) is 2. The highest BCUT2D eigenvalue weighted by molar-refractivity contribution is 7.99. The molecule has 1 amide bonds. The summed E-state index contributed by atoms with van der Waals surface area (Å²) in [6.45, 7) is 5.14. The summed E-state index contributed by atoms with van der Waals surface area (Å²) < 4.78 is 9.11. The van der Waals surface area contributed by atoms with Crippen LogP contribution in [0.5, 0.6) is 0 Å². The van der Waals surface area contributed by atoms with E-state index < -0.39 is 35.6 Å². The molecule has 132 valence electrons. The number of amides is 1. The molecule has 0 aliphatic rings. The van der Waals surface area contributed by atoms with Crippen LogP contribution in [0.2, 0.25) is 0 Å². The molecule has 9 heteroatoms. The molecule has 0 radical (unpaired) electrons. The second-order valence-electron chi connectivity index (χ2n) is 4.87. The van der Waals surface area contributed by atoms with Gasteiger partial charge in [0.15, 0.2) is 0 Å². The van der Waals surface area contributed by atoms with Gasteiger partial charge in [0.2, 0.25) is 11.7 Å². The van der Waals surface area contributed by atoms with E-state index in [0.29, 0.717) is 0 Å². The van der Waals surface area contributed by atoms with Crippen LogP contribution in [0.1, 0.15) is 27.2 Å². The van der Waals surface area contributed by atoms with E-state index in [9.17, 15) is 24.3 Å². The van der Waals surface area contributed by atoms with Crippen LogP contribution in [-0.2, 0) is 28.7 Å². The van der Waals surface area contributed by atoms with Crippen molar-refractivity contribution in [2.45, 2.75) is 38.7 Å².